The molecule has 72 valence electrons. The Hall–Kier alpha value is -0.440. The molecule has 0 saturated carbocycles. The van der Waals surface area contributed by atoms with Gasteiger partial charge in [0.05, 0.1) is 0 Å². The molecule has 0 aliphatic rings. The van der Waals surface area contributed by atoms with E-state index < -0.39 is 5.92 Å². The molecule has 0 aliphatic heterocycles. The summed E-state index contributed by atoms with van der Waals surface area (Å²) in [5.74, 6) is -2.73. The highest BCUT2D eigenvalue weighted by atomic mass is 79.9. The molecule has 0 radical (unpaired) electrons. The van der Waals surface area contributed by atoms with E-state index in [4.69, 9.17) is 0 Å². The number of hydrogen-bond acceptors (Lipinski definition) is 0. The Morgan fingerprint density at radius 1 is 1.31 bits per heavy atom. The van der Waals surface area contributed by atoms with E-state index in [2.05, 4.69) is 15.9 Å². The molecule has 0 heterocycles. The topological polar surface area (TPSA) is 0 Å². The zero-order chi connectivity index (χ0) is 9.90. The number of hydrogen-bond donors (Lipinski definition) is 0. The lowest BCUT2D eigenvalue weighted by Crippen LogP contribution is -2.17. The van der Waals surface area contributed by atoms with Gasteiger partial charge in [-0.25, -0.2) is 8.78 Å². The van der Waals surface area contributed by atoms with Crippen LogP contribution in [0.1, 0.15) is 18.9 Å². The molecule has 1 atom stereocenters. The largest absolute Gasteiger partial charge is 0.274 e. The highest BCUT2D eigenvalue weighted by Gasteiger charge is 2.32. The third kappa shape index (κ3) is 3.07. The van der Waals surface area contributed by atoms with E-state index >= 15 is 0 Å². The second-order valence-corrected chi connectivity index (χ2v) is 4.62. The molecule has 1 aromatic carbocycles. The molecule has 1 aromatic rings. The Bertz CT molecular complexity index is 257. The van der Waals surface area contributed by atoms with Gasteiger partial charge in [-0.2, -0.15) is 0 Å². The van der Waals surface area contributed by atoms with Crippen molar-refractivity contribution in [3.63, 3.8) is 0 Å². The van der Waals surface area contributed by atoms with Crippen molar-refractivity contribution in [2.45, 2.75) is 24.1 Å². The van der Waals surface area contributed by atoms with Gasteiger partial charge in [-0.3, -0.25) is 0 Å². The highest BCUT2D eigenvalue weighted by molar-refractivity contribution is 9.09. The minimum atomic E-state index is -2.73. The maximum Gasteiger partial charge on any atom is 0.274 e. The zero-order valence-electron chi connectivity index (χ0n) is 7.31. The summed E-state index contributed by atoms with van der Waals surface area (Å²) in [6.07, 6.45) is -0.170. The molecule has 0 aliphatic carbocycles. The van der Waals surface area contributed by atoms with Crippen molar-refractivity contribution in [2.24, 2.45) is 0 Å². The van der Waals surface area contributed by atoms with Gasteiger partial charge in [0.15, 0.2) is 0 Å². The second-order valence-electron chi connectivity index (χ2n) is 3.06. The van der Waals surface area contributed by atoms with Crippen molar-refractivity contribution >= 4 is 15.9 Å². The van der Waals surface area contributed by atoms with E-state index in [1.807, 2.05) is 0 Å². The number of benzene rings is 1. The predicted octanol–water partition coefficient (Wildman–Crippen LogP) is 3.95. The van der Waals surface area contributed by atoms with Gasteiger partial charge in [0, 0.05) is 16.8 Å². The molecule has 0 spiro atoms. The van der Waals surface area contributed by atoms with Crippen LogP contribution < -0.4 is 0 Å². The lowest BCUT2D eigenvalue weighted by atomic mass is 10.0. The van der Waals surface area contributed by atoms with Crippen LogP contribution in [0.25, 0.3) is 0 Å². The summed E-state index contributed by atoms with van der Waals surface area (Å²) < 4.78 is 26.8. The van der Waals surface area contributed by atoms with Gasteiger partial charge in [-0.1, -0.05) is 53.2 Å². The molecule has 0 nitrogen and oxygen atoms in total. The quantitative estimate of drug-likeness (QED) is 0.711. The first-order chi connectivity index (χ1) is 6.02. The zero-order valence-corrected chi connectivity index (χ0v) is 8.89. The van der Waals surface area contributed by atoms with Crippen molar-refractivity contribution < 1.29 is 8.78 Å². The Kier molecular flexibility index (Phi) is 3.42. The fourth-order valence-electron chi connectivity index (χ4n) is 1.15. The van der Waals surface area contributed by atoms with Gasteiger partial charge in [0.25, 0.3) is 5.92 Å². The molecule has 0 fully saturated rings. The van der Waals surface area contributed by atoms with Crippen molar-refractivity contribution in [2.75, 3.05) is 0 Å². The van der Waals surface area contributed by atoms with Crippen molar-refractivity contribution in [3.8, 4) is 0 Å². The summed E-state index contributed by atoms with van der Waals surface area (Å²) in [4.78, 5) is -0.178. The molecular formula is C10H11BrF2. The summed E-state index contributed by atoms with van der Waals surface area (Å²) >= 11 is 3.13. The van der Waals surface area contributed by atoms with Gasteiger partial charge >= 0.3 is 0 Å². The lowest BCUT2D eigenvalue weighted by Gasteiger charge is -2.17. The van der Waals surface area contributed by atoms with E-state index in [0.29, 0.717) is 0 Å². The molecule has 1 rings (SSSR count). The van der Waals surface area contributed by atoms with Crippen molar-refractivity contribution in [1.29, 1.82) is 0 Å². The summed E-state index contributed by atoms with van der Waals surface area (Å²) in [5.41, 5.74) is 0.0845. The molecule has 0 aromatic heterocycles. The fraction of sp³-hybridized carbons (Fsp3) is 0.400. The van der Waals surface area contributed by atoms with Crippen LogP contribution in [0.4, 0.5) is 8.78 Å². The van der Waals surface area contributed by atoms with E-state index in [9.17, 15) is 8.78 Å². The SMILES string of the molecule is CC(Br)CC(F)(F)c1ccccc1. The number of alkyl halides is 3. The van der Waals surface area contributed by atoms with Crippen LogP contribution >= 0.6 is 15.9 Å². The summed E-state index contributed by atoms with van der Waals surface area (Å²) in [6.45, 7) is 1.72. The summed E-state index contributed by atoms with van der Waals surface area (Å²) in [5, 5.41) is 0. The smallest absolute Gasteiger partial charge is 0.201 e. The number of halogens is 3. The van der Waals surface area contributed by atoms with Gasteiger partial charge in [0.1, 0.15) is 0 Å². The van der Waals surface area contributed by atoms with Gasteiger partial charge in [-0.05, 0) is 0 Å². The van der Waals surface area contributed by atoms with E-state index in [0.717, 1.165) is 0 Å². The highest BCUT2D eigenvalue weighted by Crippen LogP contribution is 2.34. The maximum atomic E-state index is 13.4. The van der Waals surface area contributed by atoms with Crippen molar-refractivity contribution in [1.82, 2.24) is 0 Å². The molecule has 0 bridgehead atoms. The first-order valence-corrected chi connectivity index (χ1v) is 5.01. The van der Waals surface area contributed by atoms with E-state index in [-0.39, 0.29) is 16.8 Å². The molecule has 1 unspecified atom stereocenters. The van der Waals surface area contributed by atoms with Crippen molar-refractivity contribution in [3.05, 3.63) is 35.9 Å². The van der Waals surface area contributed by atoms with Crippen LogP contribution in [0.5, 0.6) is 0 Å². The minimum absolute atomic E-state index is 0.0845. The van der Waals surface area contributed by atoms with Crippen LogP contribution in [0.2, 0.25) is 0 Å². The third-order valence-corrected chi connectivity index (χ3v) is 2.06. The Morgan fingerprint density at radius 3 is 2.31 bits per heavy atom. The van der Waals surface area contributed by atoms with Crippen LogP contribution in [-0.2, 0) is 5.92 Å². The molecule has 0 saturated heterocycles. The van der Waals surface area contributed by atoms with E-state index in [1.54, 1.807) is 25.1 Å². The minimum Gasteiger partial charge on any atom is -0.201 e. The fourth-order valence-corrected chi connectivity index (χ4v) is 1.56. The van der Waals surface area contributed by atoms with Gasteiger partial charge < -0.3 is 0 Å². The van der Waals surface area contributed by atoms with Crippen LogP contribution in [0.3, 0.4) is 0 Å². The van der Waals surface area contributed by atoms with Crippen LogP contribution in [0.15, 0.2) is 30.3 Å². The maximum absolute atomic E-state index is 13.4. The van der Waals surface area contributed by atoms with E-state index in [1.165, 1.54) is 12.1 Å². The first kappa shape index (κ1) is 10.6. The standard InChI is InChI=1S/C10H11BrF2/c1-8(11)7-10(12,13)9-5-3-2-4-6-9/h2-6,8H,7H2,1H3. The predicted molar refractivity (Wildman–Crippen MR) is 53.3 cm³/mol. The average Bonchev–Trinajstić information content (AvgIpc) is 2.04. The molecule has 0 amide bonds. The molecule has 3 heteroatoms. The normalized spacial score (nSPS) is 14.2. The van der Waals surface area contributed by atoms with Crippen LogP contribution in [0, 0.1) is 0 Å². The third-order valence-electron chi connectivity index (χ3n) is 1.73. The molecule has 13 heavy (non-hydrogen) atoms. The lowest BCUT2D eigenvalue weighted by molar-refractivity contribution is -0.0120. The average molecular weight is 249 g/mol. The summed E-state index contributed by atoms with van der Waals surface area (Å²) in [6, 6.07) is 7.90. The van der Waals surface area contributed by atoms with Gasteiger partial charge in [0.2, 0.25) is 0 Å². The number of rotatable bonds is 3. The Balaban J connectivity index is 2.81. The second kappa shape index (κ2) is 4.18. The Labute approximate surface area is 85.1 Å². The summed E-state index contributed by atoms with van der Waals surface area (Å²) in [7, 11) is 0. The first-order valence-electron chi connectivity index (χ1n) is 4.10. The monoisotopic (exact) mass is 248 g/mol. The molecular weight excluding hydrogens is 238 g/mol. The van der Waals surface area contributed by atoms with Crippen LogP contribution in [-0.4, -0.2) is 4.83 Å². The van der Waals surface area contributed by atoms with Gasteiger partial charge in [-0.15, -0.1) is 0 Å². The molecule has 0 N–H and O–H groups in total. The Morgan fingerprint density at radius 2 is 1.85 bits per heavy atom.